The molecule has 3 nitrogen and oxygen atoms in total. The Morgan fingerprint density at radius 1 is 1.43 bits per heavy atom. The largest absolute Gasteiger partial charge is 0.508 e. The van der Waals surface area contributed by atoms with Crippen molar-refractivity contribution in [1.29, 1.82) is 0 Å². The number of hydrogen-bond donors (Lipinski definition) is 3. The molecular formula is C11H15NO2. The average Bonchev–Trinajstić information content (AvgIpc) is 3.00. The van der Waals surface area contributed by atoms with Gasteiger partial charge in [-0.1, -0.05) is 12.1 Å². The first-order chi connectivity index (χ1) is 6.72. The van der Waals surface area contributed by atoms with E-state index in [9.17, 15) is 5.11 Å². The summed E-state index contributed by atoms with van der Waals surface area (Å²) in [4.78, 5) is 0. The number of aromatic hydroxyl groups is 1. The van der Waals surface area contributed by atoms with Gasteiger partial charge in [-0.2, -0.15) is 0 Å². The van der Waals surface area contributed by atoms with Gasteiger partial charge in [-0.05, 0) is 30.4 Å². The summed E-state index contributed by atoms with van der Waals surface area (Å²) in [6, 6.07) is 5.31. The molecule has 3 heteroatoms. The highest BCUT2D eigenvalue weighted by atomic mass is 16.3. The zero-order chi connectivity index (χ0) is 10.1. The van der Waals surface area contributed by atoms with Crippen LogP contribution >= 0.6 is 0 Å². The molecule has 0 aromatic heterocycles. The molecule has 1 fully saturated rings. The van der Waals surface area contributed by atoms with Gasteiger partial charge in [0.2, 0.25) is 0 Å². The van der Waals surface area contributed by atoms with E-state index in [1.54, 1.807) is 12.1 Å². The van der Waals surface area contributed by atoms with Crippen molar-refractivity contribution >= 4 is 0 Å². The van der Waals surface area contributed by atoms with Crippen LogP contribution in [0.5, 0.6) is 5.75 Å². The Hall–Kier alpha value is -1.06. The Kier molecular flexibility index (Phi) is 2.44. The zero-order valence-electron chi connectivity index (χ0n) is 7.98. The van der Waals surface area contributed by atoms with E-state index in [0.717, 1.165) is 5.56 Å². The number of benzene rings is 1. The van der Waals surface area contributed by atoms with Crippen LogP contribution in [0.15, 0.2) is 18.2 Å². The van der Waals surface area contributed by atoms with Crippen molar-refractivity contribution in [3.05, 3.63) is 29.3 Å². The summed E-state index contributed by atoms with van der Waals surface area (Å²) < 4.78 is 0. The van der Waals surface area contributed by atoms with Gasteiger partial charge in [0.15, 0.2) is 0 Å². The molecule has 1 unspecified atom stereocenters. The minimum atomic E-state index is -0.134. The second-order valence-electron chi connectivity index (χ2n) is 3.91. The first kappa shape index (κ1) is 9.49. The summed E-state index contributed by atoms with van der Waals surface area (Å²) in [7, 11) is 0. The summed E-state index contributed by atoms with van der Waals surface area (Å²) >= 11 is 0. The molecule has 1 aliphatic carbocycles. The molecule has 0 radical (unpaired) electrons. The molecule has 0 heterocycles. The van der Waals surface area contributed by atoms with E-state index in [1.807, 2.05) is 6.07 Å². The summed E-state index contributed by atoms with van der Waals surface area (Å²) in [6.45, 7) is -0.134. The Morgan fingerprint density at radius 3 is 2.64 bits per heavy atom. The molecule has 1 aliphatic rings. The van der Waals surface area contributed by atoms with Crippen molar-refractivity contribution in [2.75, 3.05) is 0 Å². The lowest BCUT2D eigenvalue weighted by atomic mass is 10.0. The highest BCUT2D eigenvalue weighted by Crippen LogP contribution is 2.40. The van der Waals surface area contributed by atoms with E-state index in [1.165, 1.54) is 12.8 Å². The van der Waals surface area contributed by atoms with Crippen molar-refractivity contribution in [3.8, 4) is 5.75 Å². The molecule has 1 saturated carbocycles. The van der Waals surface area contributed by atoms with Crippen LogP contribution in [0.1, 0.15) is 30.0 Å². The molecule has 2 rings (SSSR count). The van der Waals surface area contributed by atoms with Gasteiger partial charge in [0.1, 0.15) is 5.75 Å². The fraction of sp³-hybridized carbons (Fsp3) is 0.455. The van der Waals surface area contributed by atoms with Gasteiger partial charge in [-0.25, -0.2) is 0 Å². The number of rotatable bonds is 3. The van der Waals surface area contributed by atoms with Gasteiger partial charge in [-0.15, -0.1) is 0 Å². The second kappa shape index (κ2) is 3.59. The van der Waals surface area contributed by atoms with Gasteiger partial charge >= 0.3 is 0 Å². The van der Waals surface area contributed by atoms with E-state index in [0.29, 0.717) is 11.5 Å². The molecule has 0 bridgehead atoms. The number of hydrogen-bond acceptors (Lipinski definition) is 3. The molecule has 0 spiro atoms. The van der Waals surface area contributed by atoms with Crippen molar-refractivity contribution in [2.45, 2.75) is 25.5 Å². The Bertz CT molecular complexity index is 334. The molecular weight excluding hydrogens is 178 g/mol. The molecule has 0 aliphatic heterocycles. The van der Waals surface area contributed by atoms with Gasteiger partial charge in [0.25, 0.3) is 0 Å². The highest BCUT2D eigenvalue weighted by molar-refractivity contribution is 5.37. The van der Waals surface area contributed by atoms with E-state index in [4.69, 9.17) is 10.8 Å². The van der Waals surface area contributed by atoms with Gasteiger partial charge < -0.3 is 15.9 Å². The first-order valence-electron chi connectivity index (χ1n) is 4.90. The summed E-state index contributed by atoms with van der Waals surface area (Å²) in [6.07, 6.45) is 2.37. The maximum absolute atomic E-state index is 9.53. The predicted octanol–water partition coefficient (Wildman–Crippen LogP) is 1.29. The van der Waals surface area contributed by atoms with Crippen LogP contribution in [0, 0.1) is 5.92 Å². The normalized spacial score (nSPS) is 18.1. The number of nitrogens with two attached hydrogens (primary N) is 1. The van der Waals surface area contributed by atoms with Crippen LogP contribution in [-0.2, 0) is 6.61 Å². The quantitative estimate of drug-likeness (QED) is 0.677. The maximum Gasteiger partial charge on any atom is 0.121 e. The third-order valence-corrected chi connectivity index (χ3v) is 2.79. The van der Waals surface area contributed by atoms with Crippen LogP contribution in [0.4, 0.5) is 0 Å². The Balaban J connectivity index is 2.22. The summed E-state index contributed by atoms with van der Waals surface area (Å²) in [5.41, 5.74) is 7.50. The van der Waals surface area contributed by atoms with Crippen molar-refractivity contribution < 1.29 is 10.2 Å². The molecule has 1 aromatic carbocycles. The predicted molar refractivity (Wildman–Crippen MR) is 53.7 cm³/mol. The smallest absolute Gasteiger partial charge is 0.121 e. The fourth-order valence-corrected chi connectivity index (χ4v) is 1.65. The minimum Gasteiger partial charge on any atom is -0.508 e. The summed E-state index contributed by atoms with van der Waals surface area (Å²) in [5.74, 6) is 0.718. The molecule has 76 valence electrons. The van der Waals surface area contributed by atoms with Gasteiger partial charge in [0, 0.05) is 11.6 Å². The standard InChI is InChI=1S/C11H15NO2/c12-11(7-1-2-7)8-3-4-9(6-13)10(14)5-8/h3-5,7,11,13-14H,1-2,6,12H2. The average molecular weight is 193 g/mol. The molecule has 0 amide bonds. The minimum absolute atomic E-state index is 0.0358. The lowest BCUT2D eigenvalue weighted by Gasteiger charge is -2.12. The topological polar surface area (TPSA) is 66.5 Å². The fourth-order valence-electron chi connectivity index (χ4n) is 1.65. The molecule has 1 aromatic rings. The van der Waals surface area contributed by atoms with Crippen LogP contribution in [0.25, 0.3) is 0 Å². The lowest BCUT2D eigenvalue weighted by Crippen LogP contribution is -2.12. The van der Waals surface area contributed by atoms with E-state index >= 15 is 0 Å². The van der Waals surface area contributed by atoms with Crippen LogP contribution in [0.3, 0.4) is 0 Å². The van der Waals surface area contributed by atoms with Gasteiger partial charge in [0.05, 0.1) is 6.61 Å². The third kappa shape index (κ3) is 1.74. The molecule has 0 saturated heterocycles. The van der Waals surface area contributed by atoms with Crippen LogP contribution < -0.4 is 5.73 Å². The molecule has 14 heavy (non-hydrogen) atoms. The third-order valence-electron chi connectivity index (χ3n) is 2.79. The SMILES string of the molecule is NC(c1ccc(CO)c(O)c1)C1CC1. The van der Waals surface area contributed by atoms with E-state index < -0.39 is 0 Å². The van der Waals surface area contributed by atoms with Gasteiger partial charge in [-0.3, -0.25) is 0 Å². The Labute approximate surface area is 83.2 Å². The number of phenols is 1. The first-order valence-corrected chi connectivity index (χ1v) is 4.90. The van der Waals surface area contributed by atoms with Crippen LogP contribution in [-0.4, -0.2) is 10.2 Å². The Morgan fingerprint density at radius 2 is 2.14 bits per heavy atom. The van der Waals surface area contributed by atoms with E-state index in [-0.39, 0.29) is 18.4 Å². The summed E-state index contributed by atoms with van der Waals surface area (Å²) in [5, 5.41) is 18.4. The molecule has 1 atom stereocenters. The monoisotopic (exact) mass is 193 g/mol. The number of aliphatic hydroxyl groups is 1. The van der Waals surface area contributed by atoms with Crippen molar-refractivity contribution in [1.82, 2.24) is 0 Å². The zero-order valence-corrected chi connectivity index (χ0v) is 7.98. The van der Waals surface area contributed by atoms with E-state index in [2.05, 4.69) is 0 Å². The van der Waals surface area contributed by atoms with Crippen molar-refractivity contribution in [3.63, 3.8) is 0 Å². The lowest BCUT2D eigenvalue weighted by molar-refractivity contribution is 0.275. The van der Waals surface area contributed by atoms with Crippen molar-refractivity contribution in [2.24, 2.45) is 11.7 Å². The maximum atomic E-state index is 9.53. The number of aliphatic hydroxyl groups excluding tert-OH is 1. The highest BCUT2D eigenvalue weighted by Gasteiger charge is 2.29. The van der Waals surface area contributed by atoms with Crippen LogP contribution in [0.2, 0.25) is 0 Å². The second-order valence-corrected chi connectivity index (χ2v) is 3.91. The molecule has 4 N–H and O–H groups in total.